The summed E-state index contributed by atoms with van der Waals surface area (Å²) >= 11 is 0. The van der Waals surface area contributed by atoms with Crippen molar-refractivity contribution in [3.63, 3.8) is 0 Å². The van der Waals surface area contributed by atoms with Gasteiger partial charge in [0.05, 0.1) is 0 Å². The van der Waals surface area contributed by atoms with Crippen LogP contribution in [0.25, 0.3) is 0 Å². The second kappa shape index (κ2) is 6.14. The predicted octanol–water partition coefficient (Wildman–Crippen LogP) is 4.15. The van der Waals surface area contributed by atoms with Crippen molar-refractivity contribution in [3.05, 3.63) is 69.6 Å². The quantitative estimate of drug-likeness (QED) is 0.753. The van der Waals surface area contributed by atoms with Crippen LogP contribution < -0.4 is 4.74 Å². The molecule has 0 fully saturated rings. The van der Waals surface area contributed by atoms with Crippen LogP contribution in [0.1, 0.15) is 22.3 Å². The van der Waals surface area contributed by atoms with Crippen LogP contribution in [0.3, 0.4) is 0 Å². The smallest absolute Gasteiger partial charge is 0.122 e. The van der Waals surface area contributed by atoms with Crippen LogP contribution in [0.2, 0.25) is 0 Å². The Kier molecular flexibility index (Phi) is 4.29. The SMILES string of the molecule is Cc1ccc(C)c(OCc2ccccc2CN=O)c1. The van der Waals surface area contributed by atoms with Crippen LogP contribution in [0.5, 0.6) is 5.75 Å². The maximum absolute atomic E-state index is 10.4. The molecule has 0 aliphatic heterocycles. The van der Waals surface area contributed by atoms with Crippen LogP contribution in [-0.4, -0.2) is 0 Å². The Balaban J connectivity index is 2.14. The monoisotopic (exact) mass is 255 g/mol. The molecule has 0 atom stereocenters. The summed E-state index contributed by atoms with van der Waals surface area (Å²) in [4.78, 5) is 10.4. The van der Waals surface area contributed by atoms with E-state index in [1.165, 1.54) is 5.56 Å². The van der Waals surface area contributed by atoms with Gasteiger partial charge in [0.25, 0.3) is 0 Å². The van der Waals surface area contributed by atoms with Gasteiger partial charge in [-0.15, -0.1) is 0 Å². The number of rotatable bonds is 5. The number of hydrogen-bond acceptors (Lipinski definition) is 3. The molecule has 0 saturated carbocycles. The van der Waals surface area contributed by atoms with Crippen LogP contribution in [0, 0.1) is 18.8 Å². The molecule has 0 saturated heterocycles. The summed E-state index contributed by atoms with van der Waals surface area (Å²) in [5.41, 5.74) is 4.20. The van der Waals surface area contributed by atoms with E-state index in [1.807, 2.05) is 50.2 Å². The van der Waals surface area contributed by atoms with E-state index in [1.54, 1.807) is 0 Å². The van der Waals surface area contributed by atoms with E-state index >= 15 is 0 Å². The zero-order chi connectivity index (χ0) is 13.7. The number of benzene rings is 2. The molecule has 0 bridgehead atoms. The summed E-state index contributed by atoms with van der Waals surface area (Å²) in [7, 11) is 0. The Hall–Kier alpha value is -2.16. The van der Waals surface area contributed by atoms with Crippen LogP contribution in [-0.2, 0) is 13.2 Å². The van der Waals surface area contributed by atoms with Crippen molar-refractivity contribution in [2.75, 3.05) is 0 Å². The molecule has 2 aromatic carbocycles. The second-order valence-electron chi connectivity index (χ2n) is 4.61. The first-order valence-electron chi connectivity index (χ1n) is 6.26. The molecule has 0 spiro atoms. The van der Waals surface area contributed by atoms with E-state index in [2.05, 4.69) is 11.2 Å². The number of nitroso groups, excluding NO2 is 1. The molecule has 2 aromatic rings. The van der Waals surface area contributed by atoms with E-state index in [-0.39, 0.29) is 6.54 Å². The minimum atomic E-state index is 0.187. The summed E-state index contributed by atoms with van der Waals surface area (Å²) in [6.07, 6.45) is 0. The number of hydrogen-bond donors (Lipinski definition) is 0. The lowest BCUT2D eigenvalue weighted by atomic mass is 10.1. The first kappa shape index (κ1) is 13.3. The average Bonchev–Trinajstić information content (AvgIpc) is 2.42. The highest BCUT2D eigenvalue weighted by atomic mass is 16.5. The zero-order valence-corrected chi connectivity index (χ0v) is 11.2. The van der Waals surface area contributed by atoms with E-state index in [9.17, 15) is 4.91 Å². The minimum Gasteiger partial charge on any atom is -0.489 e. The van der Waals surface area contributed by atoms with Crippen LogP contribution in [0.4, 0.5) is 0 Å². The molecule has 2 rings (SSSR count). The van der Waals surface area contributed by atoms with Gasteiger partial charge < -0.3 is 4.74 Å². The van der Waals surface area contributed by atoms with Crippen molar-refractivity contribution in [1.82, 2.24) is 0 Å². The van der Waals surface area contributed by atoms with E-state index < -0.39 is 0 Å². The Morgan fingerprint density at radius 2 is 1.79 bits per heavy atom. The van der Waals surface area contributed by atoms with E-state index in [0.717, 1.165) is 22.4 Å². The third kappa shape index (κ3) is 3.41. The molecule has 3 heteroatoms. The summed E-state index contributed by atoms with van der Waals surface area (Å²) in [6, 6.07) is 13.8. The van der Waals surface area contributed by atoms with Crippen molar-refractivity contribution in [1.29, 1.82) is 0 Å². The van der Waals surface area contributed by atoms with Gasteiger partial charge in [0, 0.05) is 0 Å². The van der Waals surface area contributed by atoms with Crippen molar-refractivity contribution in [2.24, 2.45) is 5.18 Å². The fourth-order valence-electron chi connectivity index (χ4n) is 1.94. The lowest BCUT2D eigenvalue weighted by Crippen LogP contribution is -2.00. The largest absolute Gasteiger partial charge is 0.489 e. The number of nitrogens with zero attached hydrogens (tertiary/aromatic N) is 1. The summed E-state index contributed by atoms with van der Waals surface area (Å²) in [6.45, 7) is 4.70. The van der Waals surface area contributed by atoms with Gasteiger partial charge >= 0.3 is 0 Å². The molecule has 3 nitrogen and oxygen atoms in total. The molecular weight excluding hydrogens is 238 g/mol. The third-order valence-corrected chi connectivity index (χ3v) is 3.08. The normalized spacial score (nSPS) is 10.2. The number of aryl methyl sites for hydroxylation is 2. The molecule has 0 unspecified atom stereocenters. The number of ether oxygens (including phenoxy) is 1. The van der Waals surface area contributed by atoms with Gasteiger partial charge in [0.2, 0.25) is 0 Å². The topological polar surface area (TPSA) is 38.7 Å². The minimum absolute atomic E-state index is 0.187. The average molecular weight is 255 g/mol. The first-order valence-corrected chi connectivity index (χ1v) is 6.26. The highest BCUT2D eigenvalue weighted by molar-refractivity contribution is 5.36. The van der Waals surface area contributed by atoms with Gasteiger partial charge in [-0.3, -0.25) is 0 Å². The second-order valence-corrected chi connectivity index (χ2v) is 4.61. The molecule has 0 heterocycles. The molecule has 0 radical (unpaired) electrons. The van der Waals surface area contributed by atoms with Crippen LogP contribution >= 0.6 is 0 Å². The fraction of sp³-hybridized carbons (Fsp3) is 0.250. The standard InChI is InChI=1S/C16H17NO2/c1-12-7-8-13(2)16(9-12)19-11-15-6-4-3-5-14(15)10-17-18/h3-9H,10-11H2,1-2H3. The molecule has 0 aliphatic carbocycles. The molecule has 0 N–H and O–H groups in total. The lowest BCUT2D eigenvalue weighted by molar-refractivity contribution is 0.302. The molecule has 0 aromatic heterocycles. The van der Waals surface area contributed by atoms with Crippen molar-refractivity contribution < 1.29 is 4.74 Å². The first-order chi connectivity index (χ1) is 9.20. The maximum atomic E-state index is 10.4. The van der Waals surface area contributed by atoms with Crippen molar-refractivity contribution in [2.45, 2.75) is 27.0 Å². The van der Waals surface area contributed by atoms with Crippen molar-refractivity contribution in [3.8, 4) is 5.75 Å². The van der Waals surface area contributed by atoms with Gasteiger partial charge in [0.15, 0.2) is 0 Å². The fourth-order valence-corrected chi connectivity index (χ4v) is 1.94. The Morgan fingerprint density at radius 3 is 2.53 bits per heavy atom. The zero-order valence-electron chi connectivity index (χ0n) is 11.2. The molecular formula is C16H17NO2. The summed E-state index contributed by atoms with van der Waals surface area (Å²) < 4.78 is 5.85. The predicted molar refractivity (Wildman–Crippen MR) is 76.2 cm³/mol. The van der Waals surface area contributed by atoms with Crippen LogP contribution in [0.15, 0.2) is 47.6 Å². The van der Waals surface area contributed by atoms with Gasteiger partial charge in [-0.05, 0) is 42.2 Å². The Morgan fingerprint density at radius 1 is 1.05 bits per heavy atom. The van der Waals surface area contributed by atoms with Gasteiger partial charge in [-0.1, -0.05) is 41.6 Å². The molecule has 0 aliphatic rings. The highest BCUT2D eigenvalue weighted by Crippen LogP contribution is 2.21. The molecule has 0 amide bonds. The Bertz CT molecular complexity index is 579. The third-order valence-electron chi connectivity index (χ3n) is 3.08. The van der Waals surface area contributed by atoms with Gasteiger partial charge in [0.1, 0.15) is 18.9 Å². The Labute approximate surface area is 113 Å². The maximum Gasteiger partial charge on any atom is 0.122 e. The van der Waals surface area contributed by atoms with E-state index in [4.69, 9.17) is 4.74 Å². The molecule has 98 valence electrons. The summed E-state index contributed by atoms with van der Waals surface area (Å²) in [5.74, 6) is 0.883. The molecule has 19 heavy (non-hydrogen) atoms. The van der Waals surface area contributed by atoms with Gasteiger partial charge in [-0.25, -0.2) is 0 Å². The summed E-state index contributed by atoms with van der Waals surface area (Å²) in [5, 5.41) is 2.95. The lowest BCUT2D eigenvalue weighted by Gasteiger charge is -2.12. The van der Waals surface area contributed by atoms with Gasteiger partial charge in [-0.2, -0.15) is 4.91 Å². The highest BCUT2D eigenvalue weighted by Gasteiger charge is 2.04. The van der Waals surface area contributed by atoms with Crippen molar-refractivity contribution >= 4 is 0 Å². The van der Waals surface area contributed by atoms with E-state index in [0.29, 0.717) is 6.61 Å².